The average Bonchev–Trinajstić information content (AvgIpc) is 3.83. The highest BCUT2D eigenvalue weighted by molar-refractivity contribution is 6.02. The zero-order valence-corrected chi connectivity index (χ0v) is 49.6. The van der Waals surface area contributed by atoms with Gasteiger partial charge in [-0.2, -0.15) is 0 Å². The molecular weight excluding hydrogens is 1010 g/mol. The van der Waals surface area contributed by atoms with E-state index in [9.17, 15) is 19.5 Å². The van der Waals surface area contributed by atoms with Crippen molar-refractivity contribution < 1.29 is 33.7 Å². The molecular formula is C63H96N10O7. The number of hydrogen-bond acceptors (Lipinski definition) is 14. The van der Waals surface area contributed by atoms with E-state index in [2.05, 4.69) is 121 Å². The van der Waals surface area contributed by atoms with E-state index in [4.69, 9.17) is 14.2 Å². The number of ether oxygens (including phenoxy) is 3. The number of fused-ring (bicyclic) bond motifs is 2. The highest BCUT2D eigenvalue weighted by atomic mass is 16.5. The molecule has 6 heterocycles. The molecule has 5 saturated heterocycles. The quantitative estimate of drug-likeness (QED) is 0.0835. The van der Waals surface area contributed by atoms with Crippen molar-refractivity contribution in [1.82, 2.24) is 40.7 Å². The molecule has 17 nitrogen and oxygen atoms in total. The zero-order chi connectivity index (χ0) is 56.6. The van der Waals surface area contributed by atoms with Crippen molar-refractivity contribution in [2.45, 2.75) is 130 Å². The summed E-state index contributed by atoms with van der Waals surface area (Å²) >= 11 is 0. The van der Waals surface area contributed by atoms with Gasteiger partial charge in [-0.1, -0.05) is 45.0 Å². The van der Waals surface area contributed by atoms with E-state index >= 15 is 0 Å². The largest absolute Gasteiger partial charge is 0.486 e. The van der Waals surface area contributed by atoms with Gasteiger partial charge in [0.1, 0.15) is 23.8 Å². The number of amides is 3. The topological polar surface area (TPSA) is 167 Å². The van der Waals surface area contributed by atoms with Crippen LogP contribution >= 0.6 is 0 Å². The van der Waals surface area contributed by atoms with E-state index in [-0.39, 0.29) is 78.5 Å². The summed E-state index contributed by atoms with van der Waals surface area (Å²) < 4.78 is 20.3. The fourth-order valence-electron chi connectivity index (χ4n) is 13.5. The fourth-order valence-corrected chi connectivity index (χ4v) is 13.5. The minimum Gasteiger partial charge on any atom is -0.486 e. The van der Waals surface area contributed by atoms with Crippen LogP contribution in [-0.2, 0) is 20.9 Å². The first-order valence-corrected chi connectivity index (χ1v) is 30.5. The zero-order valence-electron chi connectivity index (χ0n) is 49.6. The maximum Gasteiger partial charge on any atom is 0.257 e. The molecule has 17 heteroatoms. The molecule has 5 fully saturated rings. The molecule has 440 valence electrons. The second-order valence-electron chi connectivity index (χ2n) is 25.0. The number of hydrazine groups is 1. The third kappa shape index (κ3) is 14.5. The Morgan fingerprint density at radius 1 is 0.838 bits per heavy atom. The highest BCUT2D eigenvalue weighted by Gasteiger charge is 2.45. The van der Waals surface area contributed by atoms with Crippen molar-refractivity contribution in [3.05, 3.63) is 77.9 Å². The smallest absolute Gasteiger partial charge is 0.257 e. The number of carbonyl (C=O) groups is 3. The number of carbonyl (C=O) groups excluding carboxylic acids is 3. The van der Waals surface area contributed by atoms with Crippen LogP contribution in [0.25, 0.3) is 0 Å². The van der Waals surface area contributed by atoms with Gasteiger partial charge in [-0.25, -0.2) is 5.01 Å². The Kier molecular flexibility index (Phi) is 20.5. The minimum atomic E-state index is -0.353. The summed E-state index contributed by atoms with van der Waals surface area (Å²) in [6, 6.07) is 22.2. The van der Waals surface area contributed by atoms with Crippen molar-refractivity contribution in [3.63, 3.8) is 0 Å². The summed E-state index contributed by atoms with van der Waals surface area (Å²) in [5.74, 6) is 3.11. The lowest BCUT2D eigenvalue weighted by atomic mass is 9.76. The second kappa shape index (κ2) is 27.5. The third-order valence-electron chi connectivity index (χ3n) is 18.6. The molecule has 0 saturated carbocycles. The Labute approximate surface area is 477 Å². The van der Waals surface area contributed by atoms with Gasteiger partial charge < -0.3 is 49.6 Å². The molecule has 6 aliphatic rings. The Morgan fingerprint density at radius 2 is 1.55 bits per heavy atom. The van der Waals surface area contributed by atoms with E-state index in [1.807, 2.05) is 59.2 Å². The third-order valence-corrected chi connectivity index (χ3v) is 18.6. The van der Waals surface area contributed by atoms with Gasteiger partial charge in [-0.3, -0.25) is 30.0 Å². The molecule has 0 aromatic heterocycles. The van der Waals surface area contributed by atoms with Gasteiger partial charge in [0.25, 0.3) is 5.91 Å². The number of nitrogens with one attached hydrogen (secondary N) is 4. The van der Waals surface area contributed by atoms with Crippen molar-refractivity contribution >= 4 is 29.1 Å². The summed E-state index contributed by atoms with van der Waals surface area (Å²) in [6.45, 7) is 25.4. The molecule has 3 aromatic carbocycles. The fraction of sp³-hybridized carbons (Fsp3) is 0.667. The second-order valence-corrected chi connectivity index (χ2v) is 25.0. The summed E-state index contributed by atoms with van der Waals surface area (Å²) in [5.41, 5.74) is 6.84. The van der Waals surface area contributed by atoms with Crippen LogP contribution in [-0.4, -0.2) is 183 Å². The van der Waals surface area contributed by atoms with Crippen molar-refractivity contribution in [2.75, 3.05) is 109 Å². The minimum absolute atomic E-state index is 0.00558. The van der Waals surface area contributed by atoms with Gasteiger partial charge in [0, 0.05) is 120 Å². The molecule has 80 heavy (non-hydrogen) atoms. The standard InChI is InChI=1S/C63H96N10O7/c1-10-27-73-45(7)50(33-66-73)37-69(9)38-57-42(4)34-71(41(2)3)62(76)54-15-12-16-56(59(54)79-57)67-60(75)48-23-28-70(29-24-48)51-13-11-14-53(31-51)78-52-19-17-46(18-20-52)36-68(8)39-58-43(5)35-72(44(6)40-74)63(77)55-30-49(32-65-61(55)80-58)47-21-25-64-26-22-47/h11-20,31,41-45,47-50,55,57-58,61,64-66,74H,10,21-30,32-40H2,1-9H3,(H,67,75)/t42-,43+,44-,45?,49?,50?,55?,57+,58-,61?/m0/s1. The van der Waals surface area contributed by atoms with Gasteiger partial charge in [0.2, 0.25) is 11.8 Å². The first-order chi connectivity index (χ1) is 38.6. The van der Waals surface area contributed by atoms with Crippen molar-refractivity contribution in [3.8, 4) is 17.2 Å². The van der Waals surface area contributed by atoms with E-state index in [0.29, 0.717) is 92.9 Å². The lowest BCUT2D eigenvalue weighted by Crippen LogP contribution is -2.61. The van der Waals surface area contributed by atoms with E-state index in [0.717, 1.165) is 94.2 Å². The Bertz CT molecular complexity index is 2500. The maximum atomic E-state index is 14.2. The van der Waals surface area contributed by atoms with Gasteiger partial charge in [0.15, 0.2) is 5.75 Å². The number of aliphatic hydroxyl groups is 1. The normalized spacial score (nSPS) is 28.0. The molecule has 0 aliphatic carbocycles. The number of rotatable bonds is 19. The molecule has 5 N–H and O–H groups in total. The lowest BCUT2D eigenvalue weighted by Gasteiger charge is -2.47. The summed E-state index contributed by atoms with van der Waals surface area (Å²) in [4.78, 5) is 53.4. The number of hydrogen-bond donors (Lipinski definition) is 5. The molecule has 9 rings (SSSR count). The van der Waals surface area contributed by atoms with Gasteiger partial charge >= 0.3 is 0 Å². The van der Waals surface area contributed by atoms with Crippen LogP contribution < -0.4 is 35.7 Å². The predicted molar refractivity (Wildman–Crippen MR) is 316 cm³/mol. The predicted octanol–water partition coefficient (Wildman–Crippen LogP) is 6.98. The first kappa shape index (κ1) is 59.8. The van der Waals surface area contributed by atoms with Crippen LogP contribution in [0.1, 0.15) is 103 Å². The summed E-state index contributed by atoms with van der Waals surface area (Å²) in [6.07, 6.45) is 4.91. The van der Waals surface area contributed by atoms with Crippen molar-refractivity contribution in [2.24, 2.45) is 41.4 Å². The highest BCUT2D eigenvalue weighted by Crippen LogP contribution is 2.39. The molecule has 0 spiro atoms. The lowest BCUT2D eigenvalue weighted by molar-refractivity contribution is -0.169. The number of nitrogens with zero attached hydrogens (tertiary/aromatic N) is 6. The van der Waals surface area contributed by atoms with Crippen LogP contribution in [0.4, 0.5) is 11.4 Å². The number of aliphatic hydroxyl groups excluding tert-OH is 1. The van der Waals surface area contributed by atoms with Gasteiger partial charge in [-0.15, -0.1) is 0 Å². The van der Waals surface area contributed by atoms with Crippen molar-refractivity contribution in [1.29, 1.82) is 0 Å². The monoisotopic (exact) mass is 1100 g/mol. The van der Waals surface area contributed by atoms with E-state index < -0.39 is 0 Å². The number of anilines is 2. The van der Waals surface area contributed by atoms with Gasteiger partial charge in [0.05, 0.1) is 35.9 Å². The summed E-state index contributed by atoms with van der Waals surface area (Å²) in [5, 5.41) is 23.0. The number of para-hydroxylation sites is 1. The Hall–Kier alpha value is -4.85. The van der Waals surface area contributed by atoms with Crippen LogP contribution in [0.5, 0.6) is 17.2 Å². The average molecular weight is 1110 g/mol. The van der Waals surface area contributed by atoms with Crippen LogP contribution in [0.15, 0.2) is 66.7 Å². The molecule has 0 bridgehead atoms. The van der Waals surface area contributed by atoms with Gasteiger partial charge in [-0.05, 0) is 147 Å². The molecule has 0 radical (unpaired) electrons. The van der Waals surface area contributed by atoms with Crippen LogP contribution in [0, 0.1) is 41.4 Å². The molecule has 3 aromatic rings. The molecule has 3 amide bonds. The summed E-state index contributed by atoms with van der Waals surface area (Å²) in [7, 11) is 4.30. The Morgan fingerprint density at radius 3 is 2.27 bits per heavy atom. The van der Waals surface area contributed by atoms with E-state index in [1.165, 1.54) is 0 Å². The molecule has 10 atom stereocenters. The SMILES string of the molecule is CCCN1NCC(CN(C)C[C@H]2Oc3c(NC(=O)C4CCN(c5cccc(Oc6ccc(CN(C)C[C@@H]7OC8NCC(C9CCNCC9)CC8C(=O)N([C@@H](C)CO)C[C@H]7C)cc6)c5)CC4)cccc3C(=O)N(C(C)C)C[C@@H]2C)C1C. The maximum absolute atomic E-state index is 14.2. The first-order valence-electron chi connectivity index (χ1n) is 30.5. The number of likely N-dealkylation sites (N-methyl/N-ethyl adjacent to an activating group) is 2. The van der Waals surface area contributed by atoms with Crippen LogP contribution in [0.3, 0.4) is 0 Å². The molecule has 5 unspecified atom stereocenters. The Balaban J connectivity index is 0.779. The molecule has 6 aliphatic heterocycles. The van der Waals surface area contributed by atoms with Crippen LogP contribution in [0.2, 0.25) is 0 Å². The number of benzene rings is 3. The van der Waals surface area contributed by atoms with E-state index in [1.54, 1.807) is 0 Å². The number of piperidine rings is 3.